The Kier molecular flexibility index (Phi) is 9.48. The number of aryl methyl sites for hydroxylation is 1. The molecule has 158 valence electrons. The highest BCUT2D eigenvalue weighted by Crippen LogP contribution is 2.22. The van der Waals surface area contributed by atoms with Gasteiger partial charge in [0, 0.05) is 50.9 Å². The van der Waals surface area contributed by atoms with Crippen LogP contribution >= 0.6 is 11.6 Å². The van der Waals surface area contributed by atoms with Gasteiger partial charge in [-0.2, -0.15) is 5.10 Å². The Balaban J connectivity index is 1.67. The first-order valence-corrected chi connectivity index (χ1v) is 10.9. The van der Waals surface area contributed by atoms with Gasteiger partial charge in [-0.25, -0.2) is 0 Å². The van der Waals surface area contributed by atoms with Crippen LogP contribution in [0.5, 0.6) is 0 Å². The van der Waals surface area contributed by atoms with Crippen LogP contribution in [0.2, 0.25) is 5.15 Å². The molecule has 1 aliphatic rings. The largest absolute Gasteiger partial charge is 0.353 e. The molecule has 1 N–H and O–H groups in total. The highest BCUT2D eigenvalue weighted by atomic mass is 35.5. The Morgan fingerprint density at radius 3 is 2.54 bits per heavy atom. The van der Waals surface area contributed by atoms with Crippen molar-refractivity contribution in [3.63, 3.8) is 0 Å². The average molecular weight is 410 g/mol. The summed E-state index contributed by atoms with van der Waals surface area (Å²) < 4.78 is 1.81. The van der Waals surface area contributed by atoms with Gasteiger partial charge in [-0.05, 0) is 44.8 Å². The number of hydrogen-bond donors (Lipinski definition) is 1. The zero-order chi connectivity index (χ0) is 20.5. The first kappa shape index (κ1) is 22.9. The molecule has 0 unspecified atom stereocenters. The van der Waals surface area contributed by atoms with E-state index in [1.165, 1.54) is 13.1 Å². The number of hydrogen-bond acceptors (Lipinski definition) is 4. The van der Waals surface area contributed by atoms with Gasteiger partial charge < -0.3 is 15.1 Å². The number of carbonyl (C=O) groups is 1. The lowest BCUT2D eigenvalue weighted by Crippen LogP contribution is -2.46. The molecule has 0 aliphatic carbocycles. The lowest BCUT2D eigenvalue weighted by molar-refractivity contribution is -0.116. The van der Waals surface area contributed by atoms with Gasteiger partial charge in [0.2, 0.25) is 5.91 Å². The summed E-state index contributed by atoms with van der Waals surface area (Å²) in [6.07, 6.45) is 5.44. The van der Waals surface area contributed by atoms with Crippen molar-refractivity contribution in [1.82, 2.24) is 24.9 Å². The van der Waals surface area contributed by atoms with Gasteiger partial charge in [-0.1, -0.05) is 32.4 Å². The summed E-state index contributed by atoms with van der Waals surface area (Å²) in [5.41, 5.74) is 1.67. The van der Waals surface area contributed by atoms with Crippen LogP contribution in [0.3, 0.4) is 0 Å². The molecule has 0 bridgehead atoms. The van der Waals surface area contributed by atoms with Gasteiger partial charge in [0.1, 0.15) is 5.15 Å². The number of halogens is 1. The summed E-state index contributed by atoms with van der Waals surface area (Å²) in [6.45, 7) is 16.8. The number of amides is 1. The standard InChI is InChI=1S/C21H36ClN5O/c1-5-25-12-14-26(15-13-25)11-7-6-10-23-20(28)9-8-19-18(4)24-27(21(19)22)16-17(2)3/h8-9,17H,5-7,10-16H2,1-4H3,(H,23,28). The summed E-state index contributed by atoms with van der Waals surface area (Å²) >= 11 is 6.40. The molecule has 0 atom stereocenters. The molecule has 0 aromatic carbocycles. The minimum absolute atomic E-state index is 0.0800. The summed E-state index contributed by atoms with van der Waals surface area (Å²) in [5, 5.41) is 8.02. The Labute approximate surface area is 174 Å². The van der Waals surface area contributed by atoms with E-state index in [-0.39, 0.29) is 5.91 Å². The molecule has 1 aromatic heterocycles. The smallest absolute Gasteiger partial charge is 0.244 e. The van der Waals surface area contributed by atoms with Crippen molar-refractivity contribution < 1.29 is 4.79 Å². The molecule has 2 rings (SSSR count). The molecule has 1 aliphatic heterocycles. The predicted octanol–water partition coefficient (Wildman–Crippen LogP) is 3.05. The zero-order valence-corrected chi connectivity index (χ0v) is 18.6. The normalized spacial score (nSPS) is 16.4. The topological polar surface area (TPSA) is 53.4 Å². The predicted molar refractivity (Wildman–Crippen MR) is 117 cm³/mol. The number of unbranched alkanes of at least 4 members (excludes halogenated alkanes) is 1. The minimum atomic E-state index is -0.0800. The van der Waals surface area contributed by atoms with Crippen LogP contribution in [0.1, 0.15) is 44.9 Å². The van der Waals surface area contributed by atoms with Crippen LogP contribution in [-0.2, 0) is 11.3 Å². The number of aromatic nitrogens is 2. The molecule has 6 nitrogen and oxygen atoms in total. The number of piperazine rings is 1. The van der Waals surface area contributed by atoms with E-state index in [1.807, 2.05) is 6.92 Å². The number of nitrogens with one attached hydrogen (secondary N) is 1. The molecular weight excluding hydrogens is 374 g/mol. The van der Waals surface area contributed by atoms with Crippen LogP contribution in [0.4, 0.5) is 0 Å². The second-order valence-electron chi connectivity index (χ2n) is 7.97. The van der Waals surface area contributed by atoms with E-state index in [1.54, 1.807) is 16.8 Å². The molecule has 1 saturated heterocycles. The Morgan fingerprint density at radius 2 is 1.89 bits per heavy atom. The third kappa shape index (κ3) is 7.22. The molecule has 0 saturated carbocycles. The molecule has 1 aromatic rings. The molecule has 0 spiro atoms. The lowest BCUT2D eigenvalue weighted by Gasteiger charge is -2.33. The lowest BCUT2D eigenvalue weighted by atomic mass is 10.2. The van der Waals surface area contributed by atoms with Crippen molar-refractivity contribution in [3.05, 3.63) is 22.5 Å². The van der Waals surface area contributed by atoms with E-state index in [0.29, 0.717) is 17.6 Å². The molecular formula is C21H36ClN5O. The molecule has 2 heterocycles. The summed E-state index contributed by atoms with van der Waals surface area (Å²) in [4.78, 5) is 17.1. The van der Waals surface area contributed by atoms with Gasteiger partial charge >= 0.3 is 0 Å². The van der Waals surface area contributed by atoms with E-state index in [9.17, 15) is 4.79 Å². The van der Waals surface area contributed by atoms with Crippen LogP contribution < -0.4 is 5.32 Å². The quantitative estimate of drug-likeness (QED) is 0.476. The number of rotatable bonds is 10. The molecule has 7 heteroatoms. The van der Waals surface area contributed by atoms with Crippen LogP contribution in [-0.4, -0.2) is 71.3 Å². The third-order valence-electron chi connectivity index (χ3n) is 5.16. The fourth-order valence-electron chi connectivity index (χ4n) is 3.44. The van der Waals surface area contributed by atoms with Gasteiger partial charge in [-0.3, -0.25) is 9.48 Å². The number of nitrogens with zero attached hydrogens (tertiary/aromatic N) is 4. The maximum absolute atomic E-state index is 12.1. The maximum Gasteiger partial charge on any atom is 0.244 e. The van der Waals surface area contributed by atoms with Crippen molar-refractivity contribution in [3.8, 4) is 0 Å². The maximum atomic E-state index is 12.1. The molecule has 1 amide bonds. The van der Waals surface area contributed by atoms with Crippen LogP contribution in [0.15, 0.2) is 6.08 Å². The highest BCUT2D eigenvalue weighted by Gasteiger charge is 2.14. The van der Waals surface area contributed by atoms with Gasteiger partial charge in [0.25, 0.3) is 0 Å². The van der Waals surface area contributed by atoms with Gasteiger partial charge in [0.15, 0.2) is 0 Å². The Morgan fingerprint density at radius 1 is 1.21 bits per heavy atom. The average Bonchev–Trinajstić information content (AvgIpc) is 2.92. The van der Waals surface area contributed by atoms with Crippen molar-refractivity contribution in [2.75, 3.05) is 45.8 Å². The fraction of sp³-hybridized carbons (Fsp3) is 0.714. The first-order chi connectivity index (χ1) is 13.4. The first-order valence-electron chi connectivity index (χ1n) is 10.5. The van der Waals surface area contributed by atoms with Crippen molar-refractivity contribution >= 4 is 23.6 Å². The molecule has 1 fully saturated rings. The second kappa shape index (κ2) is 11.6. The summed E-state index contributed by atoms with van der Waals surface area (Å²) in [6, 6.07) is 0. The molecule has 0 radical (unpaired) electrons. The molecule has 28 heavy (non-hydrogen) atoms. The van der Waals surface area contributed by atoms with Gasteiger partial charge in [0.05, 0.1) is 5.69 Å². The zero-order valence-electron chi connectivity index (χ0n) is 17.9. The van der Waals surface area contributed by atoms with E-state index >= 15 is 0 Å². The van der Waals surface area contributed by atoms with E-state index < -0.39 is 0 Å². The van der Waals surface area contributed by atoms with E-state index in [4.69, 9.17) is 11.6 Å². The highest BCUT2D eigenvalue weighted by molar-refractivity contribution is 6.31. The minimum Gasteiger partial charge on any atom is -0.353 e. The SMILES string of the molecule is CCN1CCN(CCCCNC(=O)C=Cc2c(C)nn(CC(C)C)c2Cl)CC1. The van der Waals surface area contributed by atoms with E-state index in [0.717, 1.165) is 56.8 Å². The van der Waals surface area contributed by atoms with E-state index in [2.05, 4.69) is 41.0 Å². The number of likely N-dealkylation sites (N-methyl/N-ethyl adjacent to an activating group) is 1. The van der Waals surface area contributed by atoms with Gasteiger partial charge in [-0.15, -0.1) is 0 Å². The van der Waals surface area contributed by atoms with Crippen molar-refractivity contribution in [1.29, 1.82) is 0 Å². The van der Waals surface area contributed by atoms with Crippen LogP contribution in [0.25, 0.3) is 6.08 Å². The Hall–Kier alpha value is -1.37. The number of carbonyl (C=O) groups excluding carboxylic acids is 1. The second-order valence-corrected chi connectivity index (χ2v) is 8.33. The fourth-order valence-corrected chi connectivity index (χ4v) is 3.75. The van der Waals surface area contributed by atoms with Crippen molar-refractivity contribution in [2.45, 2.75) is 47.1 Å². The third-order valence-corrected chi connectivity index (χ3v) is 5.56. The monoisotopic (exact) mass is 409 g/mol. The summed E-state index contributed by atoms with van der Waals surface area (Å²) in [7, 11) is 0. The Bertz CT molecular complexity index is 647. The summed E-state index contributed by atoms with van der Waals surface area (Å²) in [5.74, 6) is 0.385. The van der Waals surface area contributed by atoms with Crippen molar-refractivity contribution in [2.24, 2.45) is 5.92 Å². The van der Waals surface area contributed by atoms with Crippen LogP contribution in [0, 0.1) is 12.8 Å².